The van der Waals surface area contributed by atoms with Gasteiger partial charge in [-0.3, -0.25) is 9.59 Å². The van der Waals surface area contributed by atoms with E-state index in [0.29, 0.717) is 6.42 Å². The van der Waals surface area contributed by atoms with Crippen LogP contribution in [-0.2, 0) is 4.79 Å². The Kier molecular flexibility index (Phi) is 3.14. The second-order valence-electron chi connectivity index (χ2n) is 3.50. The fourth-order valence-electron chi connectivity index (χ4n) is 1.53. The van der Waals surface area contributed by atoms with E-state index in [1.807, 2.05) is 0 Å². The topological polar surface area (TPSA) is 66.4 Å². The Morgan fingerprint density at radius 2 is 2.19 bits per heavy atom. The Hall–Kier alpha value is -1.49. The van der Waals surface area contributed by atoms with Crippen LogP contribution in [0.2, 0.25) is 0 Å². The first-order valence-corrected chi connectivity index (χ1v) is 5.92. The molecular formula is C11H11NO3S. The normalized spacial score (nSPS) is 19.8. The molecule has 1 aromatic carbocycles. The lowest BCUT2D eigenvalue weighted by molar-refractivity contribution is -0.112. The number of phenols is 1. The third-order valence-electron chi connectivity index (χ3n) is 2.39. The summed E-state index contributed by atoms with van der Waals surface area (Å²) in [5.41, 5.74) is 0.201. The Morgan fingerprint density at radius 1 is 1.44 bits per heavy atom. The fraction of sp³-hybridized carbons (Fsp3) is 0.273. The molecule has 0 saturated carbocycles. The molecule has 1 aliphatic rings. The molecular weight excluding hydrogens is 226 g/mol. The molecule has 0 radical (unpaired) electrons. The highest BCUT2D eigenvalue weighted by atomic mass is 32.2. The first-order valence-electron chi connectivity index (χ1n) is 4.94. The van der Waals surface area contributed by atoms with E-state index in [1.165, 1.54) is 23.9 Å². The van der Waals surface area contributed by atoms with Gasteiger partial charge in [-0.2, -0.15) is 0 Å². The smallest absolute Gasteiger partial charge is 0.255 e. The van der Waals surface area contributed by atoms with Crippen LogP contribution in [-0.4, -0.2) is 27.9 Å². The number of carbonyl (C=O) groups excluding carboxylic acids is 2. The van der Waals surface area contributed by atoms with Gasteiger partial charge in [0.05, 0.1) is 11.6 Å². The van der Waals surface area contributed by atoms with Gasteiger partial charge in [-0.25, -0.2) is 0 Å². The lowest BCUT2D eigenvalue weighted by Gasteiger charge is -2.10. The first kappa shape index (κ1) is 11.0. The van der Waals surface area contributed by atoms with Gasteiger partial charge in [0.15, 0.2) is 0 Å². The number of para-hydroxylation sites is 1. The summed E-state index contributed by atoms with van der Waals surface area (Å²) in [7, 11) is 0. The fourth-order valence-corrected chi connectivity index (χ4v) is 2.46. The predicted octanol–water partition coefficient (Wildman–Crippen LogP) is 1.15. The lowest BCUT2D eigenvalue weighted by Crippen LogP contribution is -2.37. The van der Waals surface area contributed by atoms with Crippen molar-refractivity contribution in [3.63, 3.8) is 0 Å². The summed E-state index contributed by atoms with van der Waals surface area (Å²) in [4.78, 5) is 23.0. The number of benzene rings is 1. The van der Waals surface area contributed by atoms with Crippen molar-refractivity contribution in [2.24, 2.45) is 0 Å². The van der Waals surface area contributed by atoms with Crippen molar-refractivity contribution in [2.45, 2.75) is 12.5 Å². The van der Waals surface area contributed by atoms with Crippen LogP contribution in [0, 0.1) is 0 Å². The maximum atomic E-state index is 11.7. The minimum Gasteiger partial charge on any atom is -0.507 e. The van der Waals surface area contributed by atoms with Gasteiger partial charge in [-0.1, -0.05) is 23.9 Å². The molecule has 16 heavy (non-hydrogen) atoms. The van der Waals surface area contributed by atoms with Gasteiger partial charge in [0.2, 0.25) is 5.12 Å². The molecule has 1 amide bonds. The summed E-state index contributed by atoms with van der Waals surface area (Å²) >= 11 is 1.23. The molecule has 2 rings (SSSR count). The molecule has 5 heteroatoms. The highest BCUT2D eigenvalue weighted by Crippen LogP contribution is 2.21. The van der Waals surface area contributed by atoms with Gasteiger partial charge in [-0.05, 0) is 18.6 Å². The van der Waals surface area contributed by atoms with Crippen LogP contribution in [0.3, 0.4) is 0 Å². The van der Waals surface area contributed by atoms with E-state index in [9.17, 15) is 14.7 Å². The molecule has 1 saturated heterocycles. The molecule has 1 atom stereocenters. The molecule has 84 valence electrons. The number of nitrogens with one attached hydrogen (secondary N) is 1. The van der Waals surface area contributed by atoms with E-state index in [2.05, 4.69) is 5.32 Å². The zero-order valence-corrected chi connectivity index (χ0v) is 9.29. The van der Waals surface area contributed by atoms with Crippen LogP contribution >= 0.6 is 11.8 Å². The number of amides is 1. The summed E-state index contributed by atoms with van der Waals surface area (Å²) in [5.74, 6) is 0.266. The summed E-state index contributed by atoms with van der Waals surface area (Å²) in [5, 5.41) is 12.1. The molecule has 4 nitrogen and oxygen atoms in total. The molecule has 1 aromatic rings. The monoisotopic (exact) mass is 237 g/mol. The average Bonchev–Trinajstić information content (AvgIpc) is 2.65. The van der Waals surface area contributed by atoms with Gasteiger partial charge >= 0.3 is 0 Å². The number of hydrogen-bond donors (Lipinski definition) is 2. The highest BCUT2D eigenvalue weighted by molar-refractivity contribution is 8.14. The van der Waals surface area contributed by atoms with E-state index >= 15 is 0 Å². The Labute approximate surface area is 97.0 Å². The number of thioether (sulfide) groups is 1. The van der Waals surface area contributed by atoms with Crippen LogP contribution in [0.4, 0.5) is 0 Å². The quantitative estimate of drug-likeness (QED) is 0.810. The average molecular weight is 237 g/mol. The zero-order chi connectivity index (χ0) is 11.5. The lowest BCUT2D eigenvalue weighted by atomic mass is 10.1. The van der Waals surface area contributed by atoms with Crippen LogP contribution < -0.4 is 5.32 Å². The molecule has 0 spiro atoms. The number of aromatic hydroxyl groups is 1. The standard InChI is InChI=1S/C11H11NO3S/c13-9-4-2-1-3-7(9)10(14)12-8-5-6-16-11(8)15/h1-4,8,13H,5-6H2,(H,12,14)/t8-/m0/s1. The van der Waals surface area contributed by atoms with Crippen molar-refractivity contribution in [1.29, 1.82) is 0 Å². The van der Waals surface area contributed by atoms with Gasteiger partial charge in [0.25, 0.3) is 5.91 Å². The molecule has 1 aliphatic heterocycles. The van der Waals surface area contributed by atoms with Crippen LogP contribution in [0.15, 0.2) is 24.3 Å². The summed E-state index contributed by atoms with van der Waals surface area (Å²) in [6, 6.07) is 5.86. The Morgan fingerprint density at radius 3 is 2.81 bits per heavy atom. The third kappa shape index (κ3) is 2.19. The van der Waals surface area contributed by atoms with Crippen LogP contribution in [0.5, 0.6) is 5.75 Å². The van der Waals surface area contributed by atoms with Gasteiger partial charge in [0.1, 0.15) is 5.75 Å². The van der Waals surface area contributed by atoms with E-state index < -0.39 is 11.9 Å². The molecule has 0 unspecified atom stereocenters. The second-order valence-corrected chi connectivity index (χ2v) is 4.60. The highest BCUT2D eigenvalue weighted by Gasteiger charge is 2.27. The van der Waals surface area contributed by atoms with Crippen LogP contribution in [0.25, 0.3) is 0 Å². The maximum absolute atomic E-state index is 11.7. The van der Waals surface area contributed by atoms with Crippen molar-refractivity contribution in [3.8, 4) is 5.75 Å². The summed E-state index contributed by atoms with van der Waals surface area (Å²) < 4.78 is 0. The third-order valence-corrected chi connectivity index (χ3v) is 3.40. The van der Waals surface area contributed by atoms with E-state index in [4.69, 9.17) is 0 Å². The van der Waals surface area contributed by atoms with E-state index in [1.54, 1.807) is 12.1 Å². The van der Waals surface area contributed by atoms with Gasteiger partial charge < -0.3 is 10.4 Å². The Bertz CT molecular complexity index is 433. The zero-order valence-electron chi connectivity index (χ0n) is 8.47. The minimum absolute atomic E-state index is 0.0104. The van der Waals surface area contributed by atoms with Gasteiger partial charge in [0, 0.05) is 5.75 Å². The van der Waals surface area contributed by atoms with E-state index in [-0.39, 0.29) is 16.4 Å². The predicted molar refractivity (Wildman–Crippen MR) is 61.4 cm³/mol. The largest absolute Gasteiger partial charge is 0.507 e. The Balaban J connectivity index is 2.09. The maximum Gasteiger partial charge on any atom is 0.255 e. The number of rotatable bonds is 2. The molecule has 1 fully saturated rings. The number of phenolic OH excluding ortho intramolecular Hbond substituents is 1. The van der Waals surface area contributed by atoms with Crippen molar-refractivity contribution >= 4 is 22.8 Å². The molecule has 0 aromatic heterocycles. The molecule has 1 heterocycles. The summed E-state index contributed by atoms with van der Waals surface area (Å²) in [6.07, 6.45) is 0.656. The summed E-state index contributed by atoms with van der Waals surface area (Å²) in [6.45, 7) is 0. The number of carbonyl (C=O) groups is 2. The molecule has 0 bridgehead atoms. The van der Waals surface area contributed by atoms with E-state index in [0.717, 1.165) is 5.75 Å². The van der Waals surface area contributed by atoms with Crippen LogP contribution in [0.1, 0.15) is 16.8 Å². The van der Waals surface area contributed by atoms with Crippen molar-refractivity contribution in [1.82, 2.24) is 5.32 Å². The van der Waals surface area contributed by atoms with Crippen molar-refractivity contribution in [3.05, 3.63) is 29.8 Å². The van der Waals surface area contributed by atoms with Crippen molar-refractivity contribution in [2.75, 3.05) is 5.75 Å². The number of hydrogen-bond acceptors (Lipinski definition) is 4. The minimum atomic E-state index is -0.419. The molecule has 2 N–H and O–H groups in total. The first-order chi connectivity index (χ1) is 7.68. The molecule has 0 aliphatic carbocycles. The second kappa shape index (κ2) is 4.57. The van der Waals surface area contributed by atoms with Gasteiger partial charge in [-0.15, -0.1) is 0 Å². The van der Waals surface area contributed by atoms with Crippen molar-refractivity contribution < 1.29 is 14.7 Å². The SMILES string of the molecule is O=C(N[C@H]1CCSC1=O)c1ccccc1O.